The predicted octanol–water partition coefficient (Wildman–Crippen LogP) is 2.31. The van der Waals surface area contributed by atoms with Gasteiger partial charge in [-0.05, 0) is 42.5 Å². The third-order valence-electron chi connectivity index (χ3n) is 4.28. The van der Waals surface area contributed by atoms with E-state index in [1.807, 2.05) is 6.92 Å². The first-order valence-electron chi connectivity index (χ1n) is 6.65. The minimum atomic E-state index is -0.412. The van der Waals surface area contributed by atoms with E-state index >= 15 is 0 Å². The first kappa shape index (κ1) is 14.0. The number of hydrogen-bond acceptors (Lipinski definition) is 3. The fourth-order valence-corrected chi connectivity index (χ4v) is 3.17. The number of nitrogens with two attached hydrogens (primary N) is 1. The molecule has 0 fully saturated rings. The zero-order valence-corrected chi connectivity index (χ0v) is 11.4. The van der Waals surface area contributed by atoms with Crippen molar-refractivity contribution in [2.75, 3.05) is 7.11 Å². The van der Waals surface area contributed by atoms with Crippen molar-refractivity contribution in [2.24, 2.45) is 5.73 Å². The smallest absolute Gasteiger partial charge is 0.306 e. The molecular weight excluding hydrogens is 245 g/mol. The van der Waals surface area contributed by atoms with Crippen LogP contribution in [0.15, 0.2) is 18.2 Å². The average Bonchev–Trinajstić information content (AvgIpc) is 2.76. The number of rotatable bonds is 4. The molecule has 2 N–H and O–H groups in total. The maximum absolute atomic E-state index is 13.3. The van der Waals surface area contributed by atoms with Crippen molar-refractivity contribution < 1.29 is 13.9 Å². The van der Waals surface area contributed by atoms with Crippen LogP contribution in [0.1, 0.15) is 37.3 Å². The van der Waals surface area contributed by atoms with Gasteiger partial charge in [-0.3, -0.25) is 4.79 Å². The van der Waals surface area contributed by atoms with E-state index in [1.165, 1.54) is 13.2 Å². The van der Waals surface area contributed by atoms with E-state index in [9.17, 15) is 9.18 Å². The van der Waals surface area contributed by atoms with Crippen LogP contribution in [-0.4, -0.2) is 19.1 Å². The molecular formula is C15H20FNO2. The SMILES string of the molecule is CCC(N)C1(CC(=O)OC)CCc2cc(F)ccc21. The number of hydrogen-bond donors (Lipinski definition) is 1. The lowest BCUT2D eigenvalue weighted by Crippen LogP contribution is -2.45. The summed E-state index contributed by atoms with van der Waals surface area (Å²) in [6.07, 6.45) is 2.57. The van der Waals surface area contributed by atoms with Gasteiger partial charge >= 0.3 is 5.97 Å². The van der Waals surface area contributed by atoms with Gasteiger partial charge in [-0.25, -0.2) is 4.39 Å². The Morgan fingerprint density at radius 3 is 2.95 bits per heavy atom. The molecule has 0 saturated heterocycles. The number of ether oxygens (including phenoxy) is 1. The molecule has 1 aromatic carbocycles. The van der Waals surface area contributed by atoms with Crippen LogP contribution in [0.4, 0.5) is 4.39 Å². The zero-order chi connectivity index (χ0) is 14.0. The van der Waals surface area contributed by atoms with E-state index in [-0.39, 0.29) is 24.2 Å². The second kappa shape index (κ2) is 5.29. The Morgan fingerprint density at radius 1 is 1.58 bits per heavy atom. The summed E-state index contributed by atoms with van der Waals surface area (Å²) in [5, 5.41) is 0. The molecule has 0 aliphatic heterocycles. The van der Waals surface area contributed by atoms with Crippen molar-refractivity contribution in [1.82, 2.24) is 0 Å². The Hall–Kier alpha value is -1.42. The van der Waals surface area contributed by atoms with Crippen LogP contribution in [0.25, 0.3) is 0 Å². The van der Waals surface area contributed by atoms with Crippen molar-refractivity contribution >= 4 is 5.97 Å². The van der Waals surface area contributed by atoms with Crippen LogP contribution in [0.5, 0.6) is 0 Å². The number of aryl methyl sites for hydroxylation is 1. The molecule has 0 bridgehead atoms. The summed E-state index contributed by atoms with van der Waals surface area (Å²) in [4.78, 5) is 11.7. The van der Waals surface area contributed by atoms with Crippen LogP contribution in [0.3, 0.4) is 0 Å². The summed E-state index contributed by atoms with van der Waals surface area (Å²) < 4.78 is 18.1. The molecule has 2 unspecified atom stereocenters. The van der Waals surface area contributed by atoms with Gasteiger partial charge in [0, 0.05) is 11.5 Å². The van der Waals surface area contributed by atoms with Crippen LogP contribution in [0, 0.1) is 5.82 Å². The van der Waals surface area contributed by atoms with Gasteiger partial charge in [0.25, 0.3) is 0 Å². The van der Waals surface area contributed by atoms with Crippen LogP contribution in [-0.2, 0) is 21.4 Å². The third-order valence-corrected chi connectivity index (χ3v) is 4.28. The molecule has 1 aliphatic rings. The Morgan fingerprint density at radius 2 is 2.32 bits per heavy atom. The van der Waals surface area contributed by atoms with Gasteiger partial charge in [0.2, 0.25) is 0 Å². The van der Waals surface area contributed by atoms with E-state index in [0.29, 0.717) is 0 Å². The number of halogens is 1. The molecule has 0 saturated carbocycles. The molecule has 1 aliphatic carbocycles. The van der Waals surface area contributed by atoms with E-state index < -0.39 is 5.41 Å². The van der Waals surface area contributed by atoms with Crippen molar-refractivity contribution in [3.05, 3.63) is 35.1 Å². The highest BCUT2D eigenvalue weighted by molar-refractivity contribution is 5.72. The molecule has 0 spiro atoms. The average molecular weight is 265 g/mol. The summed E-state index contributed by atoms with van der Waals surface area (Å²) >= 11 is 0. The third kappa shape index (κ3) is 2.37. The second-order valence-electron chi connectivity index (χ2n) is 5.23. The van der Waals surface area contributed by atoms with Crippen molar-refractivity contribution in [3.8, 4) is 0 Å². The van der Waals surface area contributed by atoms with Crippen LogP contribution >= 0.6 is 0 Å². The summed E-state index contributed by atoms with van der Waals surface area (Å²) in [5.41, 5.74) is 7.83. The molecule has 3 nitrogen and oxygen atoms in total. The number of fused-ring (bicyclic) bond motifs is 1. The van der Waals surface area contributed by atoms with Gasteiger partial charge in [-0.1, -0.05) is 13.0 Å². The Balaban J connectivity index is 2.45. The highest BCUT2D eigenvalue weighted by Gasteiger charge is 2.44. The van der Waals surface area contributed by atoms with E-state index in [2.05, 4.69) is 0 Å². The first-order valence-corrected chi connectivity index (χ1v) is 6.65. The maximum Gasteiger partial charge on any atom is 0.306 e. The van der Waals surface area contributed by atoms with Gasteiger partial charge in [-0.2, -0.15) is 0 Å². The number of methoxy groups -OCH3 is 1. The molecule has 19 heavy (non-hydrogen) atoms. The van der Waals surface area contributed by atoms with E-state index in [0.717, 1.165) is 30.4 Å². The first-order chi connectivity index (χ1) is 9.03. The Bertz CT molecular complexity index is 489. The van der Waals surface area contributed by atoms with Crippen LogP contribution in [0.2, 0.25) is 0 Å². The quantitative estimate of drug-likeness (QED) is 0.850. The fourth-order valence-electron chi connectivity index (χ4n) is 3.17. The second-order valence-corrected chi connectivity index (χ2v) is 5.23. The highest BCUT2D eigenvalue weighted by atomic mass is 19.1. The van der Waals surface area contributed by atoms with E-state index in [1.54, 1.807) is 12.1 Å². The summed E-state index contributed by atoms with van der Waals surface area (Å²) in [6, 6.07) is 4.64. The molecule has 1 aromatic rings. The van der Waals surface area contributed by atoms with Gasteiger partial charge in [0.1, 0.15) is 5.82 Å². The maximum atomic E-state index is 13.3. The number of carbonyl (C=O) groups excluding carboxylic acids is 1. The normalized spacial score (nSPS) is 22.9. The van der Waals surface area contributed by atoms with Gasteiger partial charge < -0.3 is 10.5 Å². The van der Waals surface area contributed by atoms with Crippen LogP contribution < -0.4 is 5.73 Å². The van der Waals surface area contributed by atoms with Crippen molar-refractivity contribution in [1.29, 1.82) is 0 Å². The topological polar surface area (TPSA) is 52.3 Å². The lowest BCUT2D eigenvalue weighted by atomic mass is 9.72. The minimum absolute atomic E-state index is 0.127. The summed E-state index contributed by atoms with van der Waals surface area (Å²) in [6.45, 7) is 2.01. The fraction of sp³-hybridized carbons (Fsp3) is 0.533. The van der Waals surface area contributed by atoms with Crippen molar-refractivity contribution in [2.45, 2.75) is 44.1 Å². The number of esters is 1. The summed E-state index contributed by atoms with van der Waals surface area (Å²) in [7, 11) is 1.38. The van der Waals surface area contributed by atoms with Gasteiger partial charge in [0.05, 0.1) is 13.5 Å². The summed E-state index contributed by atoms with van der Waals surface area (Å²) in [5.74, 6) is -0.501. The number of carbonyl (C=O) groups is 1. The molecule has 0 radical (unpaired) electrons. The highest BCUT2D eigenvalue weighted by Crippen LogP contribution is 2.44. The standard InChI is InChI=1S/C15H20FNO2/c1-3-13(17)15(9-14(18)19-2)7-6-10-8-11(16)4-5-12(10)15/h4-5,8,13H,3,6-7,9,17H2,1-2H3. The molecule has 104 valence electrons. The van der Waals surface area contributed by atoms with Gasteiger partial charge in [-0.15, -0.1) is 0 Å². The largest absolute Gasteiger partial charge is 0.469 e. The zero-order valence-electron chi connectivity index (χ0n) is 11.4. The predicted molar refractivity (Wildman–Crippen MR) is 71.3 cm³/mol. The molecule has 2 rings (SSSR count). The lowest BCUT2D eigenvalue weighted by Gasteiger charge is -2.35. The Labute approximate surface area is 112 Å². The van der Waals surface area contributed by atoms with Crippen molar-refractivity contribution in [3.63, 3.8) is 0 Å². The lowest BCUT2D eigenvalue weighted by molar-refractivity contribution is -0.142. The van der Waals surface area contributed by atoms with Gasteiger partial charge in [0.15, 0.2) is 0 Å². The molecule has 2 atom stereocenters. The molecule has 0 heterocycles. The Kier molecular flexibility index (Phi) is 3.90. The number of benzene rings is 1. The monoisotopic (exact) mass is 265 g/mol. The van der Waals surface area contributed by atoms with E-state index in [4.69, 9.17) is 10.5 Å². The molecule has 4 heteroatoms. The molecule has 0 aromatic heterocycles. The minimum Gasteiger partial charge on any atom is -0.469 e. The molecule has 0 amide bonds.